The highest BCUT2D eigenvalue weighted by molar-refractivity contribution is 7.99. The van der Waals surface area contributed by atoms with Crippen LogP contribution in [0.2, 0.25) is 0 Å². The van der Waals surface area contributed by atoms with Gasteiger partial charge in [0.1, 0.15) is 0 Å². The molecule has 100 valence electrons. The number of likely N-dealkylation sites (tertiary alicyclic amines) is 1. The van der Waals surface area contributed by atoms with Gasteiger partial charge < -0.3 is 14.5 Å². The van der Waals surface area contributed by atoms with Gasteiger partial charge in [0.2, 0.25) is 11.8 Å². The summed E-state index contributed by atoms with van der Waals surface area (Å²) in [7, 11) is 0. The van der Waals surface area contributed by atoms with Crippen LogP contribution in [0, 0.1) is 12.8 Å². The van der Waals surface area contributed by atoms with Crippen LogP contribution in [0.15, 0.2) is 4.52 Å². The van der Waals surface area contributed by atoms with Crippen molar-refractivity contribution >= 4 is 17.7 Å². The van der Waals surface area contributed by atoms with Crippen molar-refractivity contribution in [1.82, 2.24) is 15.0 Å². The molecular weight excluding hydrogens is 254 g/mol. The molecule has 1 aromatic heterocycles. The lowest BCUT2D eigenvalue weighted by atomic mass is 10.1. The van der Waals surface area contributed by atoms with E-state index >= 15 is 0 Å². The van der Waals surface area contributed by atoms with Crippen LogP contribution in [0.4, 0.5) is 0 Å². The van der Waals surface area contributed by atoms with Crippen molar-refractivity contribution in [2.75, 3.05) is 25.4 Å². The van der Waals surface area contributed by atoms with Gasteiger partial charge in [-0.2, -0.15) is 4.98 Å². The Labute approximate surface area is 110 Å². The number of nitrogens with zero attached hydrogens (tertiary/aromatic N) is 3. The summed E-state index contributed by atoms with van der Waals surface area (Å²) in [6, 6.07) is 0. The van der Waals surface area contributed by atoms with Gasteiger partial charge in [-0.15, -0.1) is 11.8 Å². The summed E-state index contributed by atoms with van der Waals surface area (Å²) >= 11 is 1.47. The summed E-state index contributed by atoms with van der Waals surface area (Å²) in [4.78, 5) is 17.7. The number of aliphatic hydroxyl groups excluding tert-OH is 1. The second-order valence-electron chi connectivity index (χ2n) is 4.41. The van der Waals surface area contributed by atoms with Crippen LogP contribution in [-0.4, -0.2) is 51.5 Å². The molecular formula is C11H17N3O3S. The van der Waals surface area contributed by atoms with E-state index in [1.165, 1.54) is 11.8 Å². The number of aliphatic hydroxyl groups is 1. The van der Waals surface area contributed by atoms with Crippen LogP contribution in [0.5, 0.6) is 0 Å². The lowest BCUT2D eigenvalue weighted by Gasteiger charge is -2.15. The second-order valence-corrected chi connectivity index (χ2v) is 5.39. The molecule has 1 aliphatic rings. The highest BCUT2D eigenvalue weighted by Gasteiger charge is 2.25. The summed E-state index contributed by atoms with van der Waals surface area (Å²) in [6.45, 7) is 3.36. The van der Waals surface area contributed by atoms with Crippen LogP contribution >= 0.6 is 11.8 Å². The smallest absolute Gasteiger partial charge is 0.236 e. The van der Waals surface area contributed by atoms with Gasteiger partial charge in [0.25, 0.3) is 0 Å². The lowest BCUT2D eigenvalue weighted by molar-refractivity contribution is -0.127. The van der Waals surface area contributed by atoms with Gasteiger partial charge >= 0.3 is 0 Å². The molecule has 0 bridgehead atoms. The molecule has 6 nitrogen and oxygen atoms in total. The summed E-state index contributed by atoms with van der Waals surface area (Å²) in [5, 5.41) is 12.7. The van der Waals surface area contributed by atoms with E-state index in [1.807, 2.05) is 4.90 Å². The third-order valence-corrected chi connectivity index (χ3v) is 3.82. The fourth-order valence-electron chi connectivity index (χ4n) is 1.92. The number of amides is 1. The van der Waals surface area contributed by atoms with Crippen molar-refractivity contribution in [2.45, 2.75) is 19.1 Å². The molecule has 2 rings (SSSR count). The third-order valence-electron chi connectivity index (χ3n) is 2.92. The SMILES string of the molecule is Cc1noc(CSCC(=O)N2CCC(CO)C2)n1. The predicted molar refractivity (Wildman–Crippen MR) is 67.0 cm³/mol. The number of aryl methyl sites for hydroxylation is 1. The van der Waals surface area contributed by atoms with Gasteiger partial charge in [0, 0.05) is 25.6 Å². The summed E-state index contributed by atoms with van der Waals surface area (Å²) in [5.41, 5.74) is 0. The van der Waals surface area contributed by atoms with Crippen LogP contribution < -0.4 is 0 Å². The Morgan fingerprint density at radius 2 is 2.50 bits per heavy atom. The second kappa shape index (κ2) is 6.19. The molecule has 18 heavy (non-hydrogen) atoms. The Balaban J connectivity index is 1.69. The van der Waals surface area contributed by atoms with E-state index in [0.717, 1.165) is 13.0 Å². The van der Waals surface area contributed by atoms with E-state index in [9.17, 15) is 4.79 Å². The summed E-state index contributed by atoms with van der Waals surface area (Å²) in [5.74, 6) is 2.51. The van der Waals surface area contributed by atoms with Gasteiger partial charge in [0.05, 0.1) is 11.5 Å². The zero-order valence-electron chi connectivity index (χ0n) is 10.3. The molecule has 1 fully saturated rings. The largest absolute Gasteiger partial charge is 0.396 e. The number of carbonyl (C=O) groups is 1. The molecule has 1 aliphatic heterocycles. The highest BCUT2D eigenvalue weighted by atomic mass is 32.2. The fraction of sp³-hybridized carbons (Fsp3) is 0.727. The maximum Gasteiger partial charge on any atom is 0.236 e. The molecule has 1 atom stereocenters. The minimum atomic E-state index is 0.118. The first-order valence-electron chi connectivity index (χ1n) is 5.94. The van der Waals surface area contributed by atoms with Crippen LogP contribution in [0.3, 0.4) is 0 Å². The van der Waals surface area contributed by atoms with E-state index in [0.29, 0.717) is 29.8 Å². The maximum absolute atomic E-state index is 11.9. The minimum absolute atomic E-state index is 0.118. The molecule has 1 saturated heterocycles. The molecule has 1 aromatic rings. The number of carbonyl (C=O) groups excluding carboxylic acids is 1. The van der Waals surface area contributed by atoms with E-state index in [4.69, 9.17) is 9.63 Å². The number of hydrogen-bond acceptors (Lipinski definition) is 6. The first kappa shape index (κ1) is 13.4. The summed E-state index contributed by atoms with van der Waals surface area (Å²) in [6.07, 6.45) is 0.899. The lowest BCUT2D eigenvalue weighted by Crippen LogP contribution is -2.30. The molecule has 0 spiro atoms. The van der Waals surface area contributed by atoms with Crippen molar-refractivity contribution in [3.63, 3.8) is 0 Å². The van der Waals surface area contributed by atoms with Crippen molar-refractivity contribution in [3.8, 4) is 0 Å². The summed E-state index contributed by atoms with van der Waals surface area (Å²) < 4.78 is 4.97. The average Bonchev–Trinajstić information content (AvgIpc) is 2.98. The monoisotopic (exact) mass is 271 g/mol. The molecule has 0 radical (unpaired) electrons. The Kier molecular flexibility index (Phi) is 4.60. The highest BCUT2D eigenvalue weighted by Crippen LogP contribution is 2.18. The third kappa shape index (κ3) is 3.46. The Morgan fingerprint density at radius 3 is 3.11 bits per heavy atom. The molecule has 0 aliphatic carbocycles. The first-order chi connectivity index (χ1) is 8.69. The van der Waals surface area contributed by atoms with Gasteiger partial charge in [-0.3, -0.25) is 4.79 Å². The minimum Gasteiger partial charge on any atom is -0.396 e. The zero-order chi connectivity index (χ0) is 13.0. The first-order valence-corrected chi connectivity index (χ1v) is 7.10. The molecule has 1 unspecified atom stereocenters. The number of thioether (sulfide) groups is 1. The normalized spacial score (nSPS) is 19.4. The van der Waals surface area contributed by atoms with Crippen LogP contribution in [0.1, 0.15) is 18.1 Å². The molecule has 1 amide bonds. The molecule has 0 aromatic carbocycles. The van der Waals surface area contributed by atoms with Gasteiger partial charge in [-0.25, -0.2) is 0 Å². The van der Waals surface area contributed by atoms with Gasteiger partial charge in [-0.1, -0.05) is 5.16 Å². The molecule has 7 heteroatoms. The van der Waals surface area contributed by atoms with Crippen LogP contribution in [0.25, 0.3) is 0 Å². The Bertz CT molecular complexity index is 410. The fourth-order valence-corrected chi connectivity index (χ4v) is 2.67. The zero-order valence-corrected chi connectivity index (χ0v) is 11.2. The van der Waals surface area contributed by atoms with Crippen molar-refractivity contribution < 1.29 is 14.4 Å². The van der Waals surface area contributed by atoms with E-state index in [2.05, 4.69) is 10.1 Å². The van der Waals surface area contributed by atoms with E-state index in [1.54, 1.807) is 6.92 Å². The van der Waals surface area contributed by atoms with Crippen molar-refractivity contribution in [2.24, 2.45) is 5.92 Å². The van der Waals surface area contributed by atoms with Crippen LogP contribution in [-0.2, 0) is 10.5 Å². The topological polar surface area (TPSA) is 79.5 Å². The molecule has 0 saturated carbocycles. The number of rotatable bonds is 5. The Hall–Kier alpha value is -1.08. The van der Waals surface area contributed by atoms with Gasteiger partial charge in [0.15, 0.2) is 5.82 Å². The van der Waals surface area contributed by atoms with Crippen molar-refractivity contribution in [3.05, 3.63) is 11.7 Å². The Morgan fingerprint density at radius 1 is 1.67 bits per heavy atom. The van der Waals surface area contributed by atoms with Crippen molar-refractivity contribution in [1.29, 1.82) is 0 Å². The van der Waals surface area contributed by atoms with Gasteiger partial charge in [-0.05, 0) is 13.3 Å². The number of hydrogen-bond donors (Lipinski definition) is 1. The molecule has 1 N–H and O–H groups in total. The van der Waals surface area contributed by atoms with E-state index < -0.39 is 0 Å². The predicted octanol–water partition coefficient (Wildman–Crippen LogP) is 0.452. The average molecular weight is 271 g/mol. The molecule has 2 heterocycles. The standard InChI is InChI=1S/C11H17N3O3S/c1-8-12-10(17-13-8)6-18-7-11(16)14-3-2-9(4-14)5-15/h9,15H,2-7H2,1H3. The quantitative estimate of drug-likeness (QED) is 0.837. The number of aromatic nitrogens is 2. The maximum atomic E-state index is 11.9. The van der Waals surface area contributed by atoms with E-state index in [-0.39, 0.29) is 18.4 Å².